The first-order valence-corrected chi connectivity index (χ1v) is 5.12. The van der Waals surface area contributed by atoms with E-state index in [1.165, 1.54) is 24.3 Å². The molecular weight excluding hydrogens is 236 g/mol. The number of nitro benzene ring substituents is 1. The Morgan fingerprint density at radius 2 is 2.00 bits per heavy atom. The minimum atomic E-state index is -0.465. The van der Waals surface area contributed by atoms with E-state index in [1.54, 1.807) is 19.3 Å². The molecule has 0 radical (unpaired) electrons. The molecule has 0 saturated heterocycles. The molecule has 92 valence electrons. The number of nitro groups is 1. The van der Waals surface area contributed by atoms with Crippen molar-refractivity contribution in [2.45, 2.75) is 0 Å². The standard InChI is InChI=1S/C11H10N4O3/c1-12-11-13-7-6-10(14-11)18-9-4-2-8(3-5-9)15(16)17/h2-7H,1H3,(H,12,13,14). The SMILES string of the molecule is CNc1nccc(Oc2ccc([N+](=O)[O-])cc2)n1. The number of rotatable bonds is 4. The Kier molecular flexibility index (Phi) is 3.33. The zero-order valence-corrected chi connectivity index (χ0v) is 9.53. The number of nitrogens with one attached hydrogen (secondary N) is 1. The van der Waals surface area contributed by atoms with Crippen LogP contribution in [0.5, 0.6) is 11.6 Å². The lowest BCUT2D eigenvalue weighted by Gasteiger charge is -2.05. The van der Waals surface area contributed by atoms with Crippen molar-refractivity contribution < 1.29 is 9.66 Å². The summed E-state index contributed by atoms with van der Waals surface area (Å²) < 4.78 is 5.44. The maximum absolute atomic E-state index is 10.5. The molecule has 1 aromatic carbocycles. The predicted octanol–water partition coefficient (Wildman–Crippen LogP) is 2.22. The predicted molar refractivity (Wildman–Crippen MR) is 64.7 cm³/mol. The Bertz CT molecular complexity index is 556. The van der Waals surface area contributed by atoms with Crippen LogP contribution in [0.1, 0.15) is 0 Å². The van der Waals surface area contributed by atoms with Crippen LogP contribution in [0, 0.1) is 10.1 Å². The zero-order chi connectivity index (χ0) is 13.0. The molecule has 0 aliphatic heterocycles. The lowest BCUT2D eigenvalue weighted by atomic mass is 10.3. The van der Waals surface area contributed by atoms with E-state index in [0.717, 1.165) is 0 Å². The zero-order valence-electron chi connectivity index (χ0n) is 9.53. The number of benzene rings is 1. The average Bonchev–Trinajstić information content (AvgIpc) is 2.39. The fourth-order valence-electron chi connectivity index (χ4n) is 1.28. The highest BCUT2D eigenvalue weighted by Crippen LogP contribution is 2.22. The number of non-ortho nitro benzene ring substituents is 1. The molecule has 0 saturated carbocycles. The second kappa shape index (κ2) is 5.09. The van der Waals surface area contributed by atoms with Crippen molar-refractivity contribution >= 4 is 11.6 Å². The van der Waals surface area contributed by atoms with Crippen LogP contribution in [-0.4, -0.2) is 21.9 Å². The van der Waals surface area contributed by atoms with E-state index >= 15 is 0 Å². The second-order valence-electron chi connectivity index (χ2n) is 3.32. The van der Waals surface area contributed by atoms with Crippen molar-refractivity contribution in [3.05, 3.63) is 46.6 Å². The second-order valence-corrected chi connectivity index (χ2v) is 3.32. The van der Waals surface area contributed by atoms with Crippen LogP contribution in [0.3, 0.4) is 0 Å². The molecule has 2 aromatic rings. The number of hydrogen-bond donors (Lipinski definition) is 1. The summed E-state index contributed by atoms with van der Waals surface area (Å²) in [5.41, 5.74) is 0.0148. The molecule has 0 unspecified atom stereocenters. The first-order valence-electron chi connectivity index (χ1n) is 5.12. The van der Waals surface area contributed by atoms with Crippen molar-refractivity contribution in [2.75, 3.05) is 12.4 Å². The molecule has 0 spiro atoms. The van der Waals surface area contributed by atoms with Gasteiger partial charge in [-0.2, -0.15) is 4.98 Å². The highest BCUT2D eigenvalue weighted by Gasteiger charge is 2.05. The normalized spacial score (nSPS) is 9.83. The van der Waals surface area contributed by atoms with Gasteiger partial charge in [-0.05, 0) is 12.1 Å². The minimum Gasteiger partial charge on any atom is -0.439 e. The lowest BCUT2D eigenvalue weighted by Crippen LogP contribution is -1.97. The van der Waals surface area contributed by atoms with Crippen LogP contribution in [-0.2, 0) is 0 Å². The molecule has 7 nitrogen and oxygen atoms in total. The molecule has 1 aromatic heterocycles. The van der Waals surface area contributed by atoms with Gasteiger partial charge in [0.05, 0.1) is 4.92 Å². The molecule has 7 heteroatoms. The van der Waals surface area contributed by atoms with Gasteiger partial charge in [-0.1, -0.05) is 0 Å². The van der Waals surface area contributed by atoms with Crippen LogP contribution in [0.15, 0.2) is 36.5 Å². The molecule has 0 bridgehead atoms. The van der Waals surface area contributed by atoms with Crippen molar-refractivity contribution in [1.82, 2.24) is 9.97 Å². The van der Waals surface area contributed by atoms with Crippen LogP contribution < -0.4 is 10.1 Å². The summed E-state index contributed by atoms with van der Waals surface area (Å²) in [4.78, 5) is 18.0. The minimum absolute atomic E-state index is 0.0148. The summed E-state index contributed by atoms with van der Waals surface area (Å²) in [6, 6.07) is 7.37. The Balaban J connectivity index is 2.15. The summed E-state index contributed by atoms with van der Waals surface area (Å²) >= 11 is 0. The van der Waals surface area contributed by atoms with Gasteiger partial charge >= 0.3 is 0 Å². The summed E-state index contributed by atoms with van der Waals surface area (Å²) in [7, 11) is 1.70. The third kappa shape index (κ3) is 2.70. The van der Waals surface area contributed by atoms with Gasteiger partial charge in [0.2, 0.25) is 11.8 Å². The van der Waals surface area contributed by atoms with Gasteiger partial charge in [-0.15, -0.1) is 0 Å². The fraction of sp³-hybridized carbons (Fsp3) is 0.0909. The Labute approximate surface area is 103 Å². The molecule has 1 N–H and O–H groups in total. The molecule has 2 rings (SSSR count). The molecular formula is C11H10N4O3. The van der Waals surface area contributed by atoms with Gasteiger partial charge in [0.1, 0.15) is 5.75 Å². The van der Waals surface area contributed by atoms with E-state index in [0.29, 0.717) is 17.6 Å². The van der Waals surface area contributed by atoms with E-state index < -0.39 is 4.92 Å². The van der Waals surface area contributed by atoms with Crippen molar-refractivity contribution in [1.29, 1.82) is 0 Å². The molecule has 0 fully saturated rings. The Hall–Kier alpha value is -2.70. The van der Waals surface area contributed by atoms with Crippen LogP contribution in [0.25, 0.3) is 0 Å². The monoisotopic (exact) mass is 246 g/mol. The van der Waals surface area contributed by atoms with Gasteiger partial charge < -0.3 is 10.1 Å². The number of anilines is 1. The number of aromatic nitrogens is 2. The van der Waals surface area contributed by atoms with Crippen molar-refractivity contribution in [2.24, 2.45) is 0 Å². The maximum Gasteiger partial charge on any atom is 0.269 e. The lowest BCUT2D eigenvalue weighted by molar-refractivity contribution is -0.384. The van der Waals surface area contributed by atoms with E-state index in [9.17, 15) is 10.1 Å². The third-order valence-electron chi connectivity index (χ3n) is 2.12. The summed E-state index contributed by atoms with van der Waals surface area (Å²) in [5, 5.41) is 13.3. The largest absolute Gasteiger partial charge is 0.439 e. The molecule has 0 amide bonds. The van der Waals surface area contributed by atoms with Gasteiger partial charge in [0, 0.05) is 31.4 Å². The van der Waals surface area contributed by atoms with Crippen LogP contribution in [0.2, 0.25) is 0 Å². The van der Waals surface area contributed by atoms with Gasteiger partial charge in [-0.25, -0.2) is 4.98 Å². The molecule has 0 atom stereocenters. The molecule has 0 aliphatic rings. The number of nitrogens with zero attached hydrogens (tertiary/aromatic N) is 3. The highest BCUT2D eigenvalue weighted by molar-refractivity contribution is 5.38. The molecule has 0 aliphatic carbocycles. The highest BCUT2D eigenvalue weighted by atomic mass is 16.6. The topological polar surface area (TPSA) is 90.2 Å². The van der Waals surface area contributed by atoms with Crippen LogP contribution >= 0.6 is 0 Å². The first kappa shape index (κ1) is 11.8. The van der Waals surface area contributed by atoms with Crippen molar-refractivity contribution in [3.63, 3.8) is 0 Å². The third-order valence-corrected chi connectivity index (χ3v) is 2.12. The number of ether oxygens (including phenoxy) is 1. The molecule has 1 heterocycles. The average molecular weight is 246 g/mol. The van der Waals surface area contributed by atoms with Gasteiger partial charge in [0.15, 0.2) is 0 Å². The number of hydrogen-bond acceptors (Lipinski definition) is 6. The van der Waals surface area contributed by atoms with E-state index in [1.807, 2.05) is 0 Å². The summed E-state index contributed by atoms with van der Waals surface area (Å²) in [5.74, 6) is 1.28. The van der Waals surface area contributed by atoms with E-state index in [4.69, 9.17) is 4.74 Å². The van der Waals surface area contributed by atoms with Gasteiger partial charge in [0.25, 0.3) is 5.69 Å². The van der Waals surface area contributed by atoms with Gasteiger partial charge in [-0.3, -0.25) is 10.1 Å². The van der Waals surface area contributed by atoms with Crippen LogP contribution in [0.4, 0.5) is 11.6 Å². The van der Waals surface area contributed by atoms with Crippen molar-refractivity contribution in [3.8, 4) is 11.6 Å². The van der Waals surface area contributed by atoms with E-state index in [2.05, 4.69) is 15.3 Å². The molecule has 18 heavy (non-hydrogen) atoms. The fourth-order valence-corrected chi connectivity index (χ4v) is 1.28. The Morgan fingerprint density at radius 1 is 1.28 bits per heavy atom. The maximum atomic E-state index is 10.5. The summed E-state index contributed by atoms with van der Waals surface area (Å²) in [6.45, 7) is 0. The quantitative estimate of drug-likeness (QED) is 0.657. The smallest absolute Gasteiger partial charge is 0.269 e. The summed E-state index contributed by atoms with van der Waals surface area (Å²) in [6.07, 6.45) is 1.56. The first-order chi connectivity index (χ1) is 8.69. The Morgan fingerprint density at radius 3 is 2.61 bits per heavy atom. The van der Waals surface area contributed by atoms with E-state index in [-0.39, 0.29) is 5.69 Å².